The molecule has 0 aromatic heterocycles. The van der Waals surface area contributed by atoms with Crippen LogP contribution in [0.1, 0.15) is 80.9 Å². The van der Waals surface area contributed by atoms with Crippen LogP contribution in [0.4, 0.5) is 10.1 Å². The van der Waals surface area contributed by atoms with Crippen molar-refractivity contribution < 1.29 is 28.2 Å². The fourth-order valence-electron chi connectivity index (χ4n) is 5.23. The highest BCUT2D eigenvalue weighted by molar-refractivity contribution is 6.07. The lowest BCUT2D eigenvalue weighted by molar-refractivity contribution is -0.119. The highest BCUT2D eigenvalue weighted by Crippen LogP contribution is 2.42. The zero-order valence-corrected chi connectivity index (χ0v) is 23.7. The van der Waals surface area contributed by atoms with Crippen LogP contribution < -0.4 is 19.1 Å². The minimum atomic E-state index is -0.650. The molecule has 2 heterocycles. The van der Waals surface area contributed by atoms with Crippen LogP contribution in [0.25, 0.3) is 0 Å². The van der Waals surface area contributed by atoms with Crippen LogP contribution in [0.15, 0.2) is 18.2 Å². The molecule has 2 aromatic rings. The Hall–Kier alpha value is -3.62. The number of hydrogen-bond acceptors (Lipinski definition) is 6. The maximum Gasteiger partial charge on any atom is 0.227 e. The Bertz CT molecular complexity index is 1300. The number of amidine groups is 1. The van der Waals surface area contributed by atoms with Gasteiger partial charge in [0.15, 0.2) is 23.1 Å². The van der Waals surface area contributed by atoms with Crippen LogP contribution in [0.3, 0.4) is 0 Å². The van der Waals surface area contributed by atoms with E-state index in [1.165, 1.54) is 0 Å². The van der Waals surface area contributed by atoms with Crippen LogP contribution in [0.2, 0.25) is 0 Å². The van der Waals surface area contributed by atoms with Crippen molar-refractivity contribution in [2.75, 3.05) is 38.3 Å². The van der Waals surface area contributed by atoms with E-state index in [1.807, 2.05) is 26.8 Å². The third-order valence-electron chi connectivity index (χ3n) is 7.12. The van der Waals surface area contributed by atoms with Gasteiger partial charge in [-0.1, -0.05) is 20.8 Å². The lowest BCUT2D eigenvalue weighted by atomic mass is 9.84. The number of rotatable bonds is 9. The first kappa shape index (κ1) is 28.4. The first-order chi connectivity index (χ1) is 18.5. The molecule has 8 nitrogen and oxygen atoms in total. The van der Waals surface area contributed by atoms with E-state index in [0.29, 0.717) is 42.1 Å². The van der Waals surface area contributed by atoms with Gasteiger partial charge in [0.05, 0.1) is 38.1 Å². The van der Waals surface area contributed by atoms with Crippen molar-refractivity contribution in [1.29, 1.82) is 5.41 Å². The molecule has 4 rings (SSSR count). The van der Waals surface area contributed by atoms with Crippen molar-refractivity contribution in [3.05, 3.63) is 46.3 Å². The van der Waals surface area contributed by atoms with Gasteiger partial charge in [0.25, 0.3) is 0 Å². The molecule has 2 aliphatic heterocycles. The number of anilines is 1. The summed E-state index contributed by atoms with van der Waals surface area (Å²) in [5.41, 5.74) is 2.16. The van der Waals surface area contributed by atoms with E-state index < -0.39 is 5.82 Å². The third kappa shape index (κ3) is 5.44. The molecule has 0 radical (unpaired) electrons. The number of nitrogens with zero attached hydrogens (tertiary/aromatic N) is 2. The maximum atomic E-state index is 15.5. The molecule has 0 aliphatic carbocycles. The molecule has 1 amide bonds. The smallest absolute Gasteiger partial charge is 0.227 e. The summed E-state index contributed by atoms with van der Waals surface area (Å²) in [6, 6.07) is 5.22. The second kappa shape index (κ2) is 11.2. The summed E-state index contributed by atoms with van der Waals surface area (Å²) < 4.78 is 32.4. The Kier molecular flexibility index (Phi) is 8.18. The molecule has 1 N–H and O–H groups in total. The third-order valence-corrected chi connectivity index (χ3v) is 7.12. The number of halogens is 1. The fraction of sp³-hybridized carbons (Fsp3) is 0.500. The molecule has 2 aromatic carbocycles. The molecule has 9 heteroatoms. The van der Waals surface area contributed by atoms with Gasteiger partial charge in [-0.15, -0.1) is 0 Å². The molecule has 0 atom stereocenters. The van der Waals surface area contributed by atoms with Crippen LogP contribution in [-0.4, -0.2) is 55.8 Å². The van der Waals surface area contributed by atoms with E-state index in [2.05, 4.69) is 0 Å². The Morgan fingerprint density at radius 3 is 2.41 bits per heavy atom. The Morgan fingerprint density at radius 1 is 1.08 bits per heavy atom. The highest BCUT2D eigenvalue weighted by Gasteiger charge is 2.34. The quantitative estimate of drug-likeness (QED) is 0.425. The van der Waals surface area contributed by atoms with Gasteiger partial charge in [-0.25, -0.2) is 4.39 Å². The number of carbonyl (C=O) groups is 2. The largest absolute Gasteiger partial charge is 0.494 e. The predicted octanol–water partition coefficient (Wildman–Crippen LogP) is 5.47. The fourth-order valence-corrected chi connectivity index (χ4v) is 5.23. The number of fused-ring (bicyclic) bond motifs is 1. The van der Waals surface area contributed by atoms with Gasteiger partial charge in [0.1, 0.15) is 11.6 Å². The van der Waals surface area contributed by atoms with Crippen molar-refractivity contribution >= 4 is 23.2 Å². The highest BCUT2D eigenvalue weighted by atomic mass is 19.1. The minimum Gasteiger partial charge on any atom is -0.494 e. The lowest BCUT2D eigenvalue weighted by Crippen LogP contribution is -2.36. The van der Waals surface area contributed by atoms with Gasteiger partial charge in [-0.3, -0.25) is 15.0 Å². The number of Topliss-reactive ketones (excluding diaryl/α,β-unsaturated/α-hetero) is 1. The molecule has 0 unspecified atom stereocenters. The molecular formula is C30H38FN3O5. The summed E-state index contributed by atoms with van der Waals surface area (Å²) in [6.45, 7) is 10.9. The normalized spacial score (nSPS) is 15.5. The molecule has 210 valence electrons. The summed E-state index contributed by atoms with van der Waals surface area (Å²) in [5, 5.41) is 8.68. The Labute approximate surface area is 229 Å². The van der Waals surface area contributed by atoms with Crippen molar-refractivity contribution in [3.63, 3.8) is 0 Å². The zero-order chi connectivity index (χ0) is 28.5. The molecule has 0 spiro atoms. The van der Waals surface area contributed by atoms with Gasteiger partial charge < -0.3 is 24.0 Å². The molecule has 1 fully saturated rings. The van der Waals surface area contributed by atoms with E-state index in [1.54, 1.807) is 42.9 Å². The van der Waals surface area contributed by atoms with Crippen LogP contribution in [0.5, 0.6) is 17.2 Å². The van der Waals surface area contributed by atoms with E-state index >= 15 is 4.39 Å². The summed E-state index contributed by atoms with van der Waals surface area (Å²) in [4.78, 5) is 29.8. The molecule has 0 bridgehead atoms. The number of amides is 1. The maximum absolute atomic E-state index is 15.5. The van der Waals surface area contributed by atoms with Crippen molar-refractivity contribution in [2.24, 2.45) is 0 Å². The number of methoxy groups -OCH3 is 1. The van der Waals surface area contributed by atoms with Crippen LogP contribution >= 0.6 is 0 Å². The van der Waals surface area contributed by atoms with E-state index in [0.717, 1.165) is 18.4 Å². The van der Waals surface area contributed by atoms with Gasteiger partial charge in [0, 0.05) is 30.6 Å². The monoisotopic (exact) mass is 539 g/mol. The lowest BCUT2D eigenvalue weighted by Gasteiger charge is -2.32. The number of hydrogen-bond donors (Lipinski definition) is 1. The number of carbonyl (C=O) groups excluding carboxylic acids is 2. The number of ketones is 1. The van der Waals surface area contributed by atoms with Gasteiger partial charge in [0.2, 0.25) is 5.91 Å². The summed E-state index contributed by atoms with van der Waals surface area (Å²) >= 11 is 0. The average Bonchev–Trinajstić information content (AvgIpc) is 3.20. The van der Waals surface area contributed by atoms with Crippen molar-refractivity contribution in [1.82, 2.24) is 4.90 Å². The predicted molar refractivity (Wildman–Crippen MR) is 148 cm³/mol. The number of ether oxygens (including phenoxy) is 3. The van der Waals surface area contributed by atoms with Gasteiger partial charge in [-0.05, 0) is 55.9 Å². The van der Waals surface area contributed by atoms with Gasteiger partial charge >= 0.3 is 0 Å². The number of piperidine rings is 1. The molecule has 0 saturated carbocycles. The summed E-state index contributed by atoms with van der Waals surface area (Å²) in [6.07, 6.45) is 2.17. The Balaban J connectivity index is 1.69. The Morgan fingerprint density at radius 2 is 1.79 bits per heavy atom. The average molecular weight is 540 g/mol. The second-order valence-corrected chi connectivity index (χ2v) is 10.9. The standard InChI is InChI=1S/C30H38FN3O5/c1-7-38-23-15-19-16-33(29(32)25(19)26(31)28(23)39-8-2)17-22(35)18-13-20(30(3,4)5)27(37-6)21(14-18)34-12-10-9-11-24(34)36/h13-15,32H,7-12,16-17H2,1-6H3. The number of benzene rings is 2. The topological polar surface area (TPSA) is 92.2 Å². The van der Waals surface area contributed by atoms with E-state index in [4.69, 9.17) is 19.6 Å². The summed E-state index contributed by atoms with van der Waals surface area (Å²) in [7, 11) is 1.58. The van der Waals surface area contributed by atoms with Crippen molar-refractivity contribution in [2.45, 2.75) is 65.8 Å². The van der Waals surface area contributed by atoms with Crippen molar-refractivity contribution in [3.8, 4) is 17.2 Å². The van der Waals surface area contributed by atoms with Crippen LogP contribution in [-0.2, 0) is 16.8 Å². The zero-order valence-electron chi connectivity index (χ0n) is 23.7. The first-order valence-electron chi connectivity index (χ1n) is 13.5. The van der Waals surface area contributed by atoms with Gasteiger partial charge in [-0.2, -0.15) is 0 Å². The molecule has 39 heavy (non-hydrogen) atoms. The summed E-state index contributed by atoms with van der Waals surface area (Å²) in [5.74, 6) is -0.0915. The molecule has 2 aliphatic rings. The SMILES string of the molecule is CCOc1cc2c(c(F)c1OCC)C(=N)N(CC(=O)c1cc(N3CCCCC3=O)c(OC)c(C(C)(C)C)c1)C2. The molecule has 1 saturated heterocycles. The minimum absolute atomic E-state index is 0.00598. The molecular weight excluding hydrogens is 501 g/mol. The number of nitrogens with one attached hydrogen (secondary N) is 1. The first-order valence-corrected chi connectivity index (χ1v) is 13.5. The van der Waals surface area contributed by atoms with E-state index in [9.17, 15) is 9.59 Å². The van der Waals surface area contributed by atoms with E-state index in [-0.39, 0.29) is 59.7 Å². The van der Waals surface area contributed by atoms with Crippen LogP contribution in [0, 0.1) is 11.2 Å². The second-order valence-electron chi connectivity index (χ2n) is 10.9.